The summed E-state index contributed by atoms with van der Waals surface area (Å²) in [7, 11) is 1.71. The molecule has 1 saturated carbocycles. The highest BCUT2D eigenvalue weighted by Crippen LogP contribution is 2.47. The van der Waals surface area contributed by atoms with Crippen molar-refractivity contribution in [1.82, 2.24) is 0 Å². The summed E-state index contributed by atoms with van der Waals surface area (Å²) in [5.74, 6) is -0.109. The van der Waals surface area contributed by atoms with Crippen LogP contribution in [0, 0.1) is 16.7 Å². The minimum absolute atomic E-state index is 0.109. The van der Waals surface area contributed by atoms with Crippen LogP contribution in [0.15, 0.2) is 28.7 Å². The molecule has 0 radical (unpaired) electrons. The number of hydrogen-bond acceptors (Lipinski definition) is 2. The zero-order valence-electron chi connectivity index (χ0n) is 8.90. The molecule has 4 heteroatoms. The second-order valence-electron chi connectivity index (χ2n) is 4.01. The van der Waals surface area contributed by atoms with Crippen molar-refractivity contribution in [2.75, 3.05) is 11.9 Å². The molecule has 0 aromatic heterocycles. The molecule has 0 unspecified atom stereocenters. The number of para-hydroxylation sites is 1. The van der Waals surface area contributed by atoms with E-state index >= 15 is 0 Å². The number of amides is 1. The molecule has 1 aromatic carbocycles. The first kappa shape index (κ1) is 11.2. The fourth-order valence-electron chi connectivity index (χ4n) is 1.65. The summed E-state index contributed by atoms with van der Waals surface area (Å²) in [5.41, 5.74) is 0.0401. The molecule has 0 saturated heterocycles. The maximum Gasteiger partial charge on any atom is 0.247 e. The molecule has 82 valence electrons. The summed E-state index contributed by atoms with van der Waals surface area (Å²) in [6.07, 6.45) is 1.36. The Morgan fingerprint density at radius 1 is 1.50 bits per heavy atom. The predicted octanol–water partition coefficient (Wildman–Crippen LogP) is 2.72. The lowest BCUT2D eigenvalue weighted by Gasteiger charge is -2.20. The fraction of sp³-hybridized carbons (Fsp3) is 0.333. The Balaban J connectivity index is 2.27. The minimum Gasteiger partial charge on any atom is -0.313 e. The van der Waals surface area contributed by atoms with E-state index in [1.165, 1.54) is 0 Å². The third-order valence-electron chi connectivity index (χ3n) is 2.89. The van der Waals surface area contributed by atoms with Gasteiger partial charge in [0.15, 0.2) is 0 Å². The van der Waals surface area contributed by atoms with Crippen molar-refractivity contribution in [3.8, 4) is 6.07 Å². The Morgan fingerprint density at radius 3 is 2.62 bits per heavy atom. The number of anilines is 1. The molecule has 0 bridgehead atoms. The van der Waals surface area contributed by atoms with E-state index in [0.29, 0.717) is 12.8 Å². The maximum atomic E-state index is 12.1. The number of benzene rings is 1. The van der Waals surface area contributed by atoms with Crippen molar-refractivity contribution in [1.29, 1.82) is 5.26 Å². The van der Waals surface area contributed by atoms with Gasteiger partial charge < -0.3 is 4.90 Å². The molecule has 0 spiro atoms. The van der Waals surface area contributed by atoms with E-state index in [-0.39, 0.29) is 5.91 Å². The largest absolute Gasteiger partial charge is 0.313 e. The molecule has 2 rings (SSSR count). The monoisotopic (exact) mass is 278 g/mol. The molecule has 1 amide bonds. The Morgan fingerprint density at radius 2 is 2.12 bits per heavy atom. The number of nitrogens with zero attached hydrogens (tertiary/aromatic N) is 2. The van der Waals surface area contributed by atoms with Gasteiger partial charge in [-0.1, -0.05) is 12.1 Å². The molecule has 1 fully saturated rings. The third kappa shape index (κ3) is 1.72. The zero-order chi connectivity index (χ0) is 11.8. The highest BCUT2D eigenvalue weighted by molar-refractivity contribution is 9.10. The van der Waals surface area contributed by atoms with E-state index < -0.39 is 5.41 Å². The molecular formula is C12H11BrN2O. The van der Waals surface area contributed by atoms with Gasteiger partial charge >= 0.3 is 0 Å². The van der Waals surface area contributed by atoms with Crippen molar-refractivity contribution >= 4 is 27.5 Å². The average molecular weight is 279 g/mol. The van der Waals surface area contributed by atoms with Gasteiger partial charge in [-0.2, -0.15) is 5.26 Å². The Bertz CT molecular complexity index is 474. The Kier molecular flexibility index (Phi) is 2.73. The van der Waals surface area contributed by atoms with E-state index in [1.807, 2.05) is 24.3 Å². The van der Waals surface area contributed by atoms with Gasteiger partial charge in [-0.15, -0.1) is 0 Å². The third-order valence-corrected chi connectivity index (χ3v) is 3.56. The number of carbonyl (C=O) groups is 1. The molecule has 1 aromatic rings. The lowest BCUT2D eigenvalue weighted by atomic mass is 10.1. The molecule has 1 aliphatic rings. The first-order valence-electron chi connectivity index (χ1n) is 5.05. The summed E-state index contributed by atoms with van der Waals surface area (Å²) in [5, 5.41) is 8.98. The summed E-state index contributed by atoms with van der Waals surface area (Å²) in [6, 6.07) is 9.62. The van der Waals surface area contributed by atoms with E-state index in [1.54, 1.807) is 11.9 Å². The van der Waals surface area contributed by atoms with Crippen LogP contribution in [0.2, 0.25) is 0 Å². The van der Waals surface area contributed by atoms with Gasteiger partial charge in [0.05, 0.1) is 11.8 Å². The van der Waals surface area contributed by atoms with Crippen LogP contribution in [0.4, 0.5) is 5.69 Å². The zero-order valence-corrected chi connectivity index (χ0v) is 10.5. The first-order chi connectivity index (χ1) is 7.60. The second kappa shape index (κ2) is 3.91. The van der Waals surface area contributed by atoms with E-state index in [4.69, 9.17) is 5.26 Å². The lowest BCUT2D eigenvalue weighted by Crippen LogP contribution is -2.33. The van der Waals surface area contributed by atoms with Gasteiger partial charge in [0.1, 0.15) is 5.41 Å². The summed E-state index contributed by atoms with van der Waals surface area (Å²) < 4.78 is 0.861. The lowest BCUT2D eigenvalue weighted by molar-refractivity contribution is -0.121. The van der Waals surface area contributed by atoms with Crippen molar-refractivity contribution in [2.24, 2.45) is 5.41 Å². The van der Waals surface area contributed by atoms with E-state index in [9.17, 15) is 4.79 Å². The van der Waals surface area contributed by atoms with Crippen LogP contribution < -0.4 is 4.90 Å². The van der Waals surface area contributed by atoms with Gasteiger partial charge in [-0.05, 0) is 40.9 Å². The van der Waals surface area contributed by atoms with E-state index in [0.717, 1.165) is 10.2 Å². The molecule has 0 aliphatic heterocycles. The first-order valence-corrected chi connectivity index (χ1v) is 5.84. The smallest absolute Gasteiger partial charge is 0.247 e. The van der Waals surface area contributed by atoms with Crippen molar-refractivity contribution in [3.63, 3.8) is 0 Å². The normalized spacial score (nSPS) is 16.3. The number of rotatable bonds is 2. The Hall–Kier alpha value is -1.34. The van der Waals surface area contributed by atoms with Crippen LogP contribution in [0.25, 0.3) is 0 Å². The summed E-state index contributed by atoms with van der Waals surface area (Å²) in [6.45, 7) is 0. The van der Waals surface area contributed by atoms with Crippen LogP contribution in [-0.4, -0.2) is 13.0 Å². The van der Waals surface area contributed by atoms with Gasteiger partial charge in [0, 0.05) is 11.5 Å². The predicted molar refractivity (Wildman–Crippen MR) is 64.8 cm³/mol. The topological polar surface area (TPSA) is 44.1 Å². The standard InChI is InChI=1S/C12H11BrN2O/c1-15(10-5-3-2-4-9(10)13)11(16)12(8-14)6-7-12/h2-5H,6-7H2,1H3. The van der Waals surface area contributed by atoms with Crippen LogP contribution in [0.1, 0.15) is 12.8 Å². The van der Waals surface area contributed by atoms with E-state index in [2.05, 4.69) is 22.0 Å². The molecule has 16 heavy (non-hydrogen) atoms. The summed E-state index contributed by atoms with van der Waals surface area (Å²) in [4.78, 5) is 13.6. The number of hydrogen-bond donors (Lipinski definition) is 0. The van der Waals surface area contributed by atoms with Crippen LogP contribution >= 0.6 is 15.9 Å². The summed E-state index contributed by atoms with van der Waals surface area (Å²) >= 11 is 3.40. The molecular weight excluding hydrogens is 268 g/mol. The maximum absolute atomic E-state index is 12.1. The van der Waals surface area contributed by atoms with Crippen LogP contribution in [0.3, 0.4) is 0 Å². The van der Waals surface area contributed by atoms with Crippen LogP contribution in [0.5, 0.6) is 0 Å². The molecule has 1 aliphatic carbocycles. The number of carbonyl (C=O) groups excluding carboxylic acids is 1. The molecule has 0 N–H and O–H groups in total. The fourth-order valence-corrected chi connectivity index (χ4v) is 2.20. The van der Waals surface area contributed by atoms with Crippen molar-refractivity contribution < 1.29 is 4.79 Å². The van der Waals surface area contributed by atoms with Crippen molar-refractivity contribution in [2.45, 2.75) is 12.8 Å². The van der Waals surface area contributed by atoms with Gasteiger partial charge in [-0.3, -0.25) is 4.79 Å². The number of nitriles is 1. The minimum atomic E-state index is -0.760. The van der Waals surface area contributed by atoms with Gasteiger partial charge in [0.2, 0.25) is 5.91 Å². The van der Waals surface area contributed by atoms with Gasteiger partial charge in [0.25, 0.3) is 0 Å². The Labute approximate surface area is 103 Å². The van der Waals surface area contributed by atoms with Crippen LogP contribution in [-0.2, 0) is 4.79 Å². The second-order valence-corrected chi connectivity index (χ2v) is 4.86. The SMILES string of the molecule is CN(C(=O)C1(C#N)CC1)c1ccccc1Br. The van der Waals surface area contributed by atoms with Gasteiger partial charge in [-0.25, -0.2) is 0 Å². The molecule has 0 atom stereocenters. The highest BCUT2D eigenvalue weighted by Gasteiger charge is 2.52. The highest BCUT2D eigenvalue weighted by atomic mass is 79.9. The molecule has 0 heterocycles. The average Bonchev–Trinajstić information content (AvgIpc) is 3.09. The number of halogens is 1. The molecule has 3 nitrogen and oxygen atoms in total. The van der Waals surface area contributed by atoms with Crippen molar-refractivity contribution in [3.05, 3.63) is 28.7 Å². The quantitative estimate of drug-likeness (QED) is 0.835.